The lowest BCUT2D eigenvalue weighted by molar-refractivity contribution is 0.270. The second kappa shape index (κ2) is 6.44. The number of rotatable bonds is 3. The molecule has 0 aliphatic rings. The molecule has 0 aromatic rings. The highest BCUT2D eigenvalue weighted by molar-refractivity contribution is 4.97. The van der Waals surface area contributed by atoms with Crippen LogP contribution in [0.3, 0.4) is 0 Å². The standard InChI is InChI=1S/C9H18N4/c1-9(2)13(5)11-10-7-6-8-12(3)4/h9H,8H2,1-5H3/b11-10+. The Kier molecular flexibility index (Phi) is 5.90. The molecule has 0 amide bonds. The third-order valence-electron chi connectivity index (χ3n) is 1.46. The normalized spacial score (nSPS) is 10.7. The molecule has 0 aromatic carbocycles. The summed E-state index contributed by atoms with van der Waals surface area (Å²) in [7, 11) is 5.81. The van der Waals surface area contributed by atoms with Gasteiger partial charge in [-0.25, -0.2) is 0 Å². The van der Waals surface area contributed by atoms with Gasteiger partial charge in [-0.05, 0) is 27.9 Å². The highest BCUT2D eigenvalue weighted by atomic mass is 15.5. The van der Waals surface area contributed by atoms with E-state index in [1.807, 2.05) is 39.9 Å². The summed E-state index contributed by atoms with van der Waals surface area (Å²) in [6.07, 6.45) is 0. The average molecular weight is 182 g/mol. The number of hydrogen-bond acceptors (Lipinski definition) is 3. The van der Waals surface area contributed by atoms with Gasteiger partial charge >= 0.3 is 0 Å². The Labute approximate surface area is 80.6 Å². The van der Waals surface area contributed by atoms with Crippen molar-refractivity contribution in [2.24, 2.45) is 10.3 Å². The largest absolute Gasteiger partial charge is 0.298 e. The van der Waals surface area contributed by atoms with Crippen molar-refractivity contribution in [1.29, 1.82) is 0 Å². The van der Waals surface area contributed by atoms with Crippen molar-refractivity contribution in [1.82, 2.24) is 9.91 Å². The minimum atomic E-state index is 0.361. The van der Waals surface area contributed by atoms with Gasteiger partial charge in [-0.1, -0.05) is 16.3 Å². The quantitative estimate of drug-likeness (QED) is 0.373. The van der Waals surface area contributed by atoms with Gasteiger partial charge < -0.3 is 0 Å². The van der Waals surface area contributed by atoms with Crippen molar-refractivity contribution >= 4 is 0 Å². The maximum Gasteiger partial charge on any atom is 0.0616 e. The van der Waals surface area contributed by atoms with Crippen LogP contribution in [0.1, 0.15) is 13.8 Å². The lowest BCUT2D eigenvalue weighted by Gasteiger charge is -2.13. The van der Waals surface area contributed by atoms with E-state index >= 15 is 0 Å². The first-order valence-corrected chi connectivity index (χ1v) is 4.30. The molecule has 0 atom stereocenters. The fraction of sp³-hybridized carbons (Fsp3) is 0.778. The molecule has 0 spiro atoms. The lowest BCUT2D eigenvalue weighted by Crippen LogP contribution is -2.19. The van der Waals surface area contributed by atoms with E-state index in [2.05, 4.69) is 22.3 Å². The minimum absolute atomic E-state index is 0.361. The van der Waals surface area contributed by atoms with E-state index in [4.69, 9.17) is 0 Å². The summed E-state index contributed by atoms with van der Waals surface area (Å²) < 4.78 is 0. The molecule has 0 heterocycles. The highest BCUT2D eigenvalue weighted by Crippen LogP contribution is 1.93. The van der Waals surface area contributed by atoms with E-state index < -0.39 is 0 Å². The van der Waals surface area contributed by atoms with E-state index in [0.29, 0.717) is 12.6 Å². The molecule has 0 saturated carbocycles. The molecule has 0 bridgehead atoms. The molecule has 0 radical (unpaired) electrons. The van der Waals surface area contributed by atoms with Gasteiger partial charge in [0.2, 0.25) is 0 Å². The summed E-state index contributed by atoms with van der Waals surface area (Å²) in [5.74, 6) is 2.87. The van der Waals surface area contributed by atoms with Gasteiger partial charge in [0.1, 0.15) is 0 Å². The van der Waals surface area contributed by atoms with Crippen molar-refractivity contribution in [3.63, 3.8) is 0 Å². The Bertz CT molecular complexity index is 209. The highest BCUT2D eigenvalue weighted by Gasteiger charge is 1.96. The zero-order chi connectivity index (χ0) is 10.3. The molecular weight excluding hydrogens is 164 g/mol. The molecule has 0 saturated heterocycles. The Morgan fingerprint density at radius 2 is 1.85 bits per heavy atom. The van der Waals surface area contributed by atoms with Gasteiger partial charge in [-0.3, -0.25) is 9.91 Å². The van der Waals surface area contributed by atoms with Crippen LogP contribution in [-0.4, -0.2) is 43.6 Å². The molecule has 0 fully saturated rings. The number of hydrogen-bond donors (Lipinski definition) is 0. The van der Waals surface area contributed by atoms with E-state index in [-0.39, 0.29) is 0 Å². The Morgan fingerprint density at radius 3 is 2.31 bits per heavy atom. The zero-order valence-electron chi connectivity index (χ0n) is 9.07. The van der Waals surface area contributed by atoms with Crippen LogP contribution >= 0.6 is 0 Å². The SMILES string of the molecule is CC(C)N(C)/N=N/C#CCN(C)C. The van der Waals surface area contributed by atoms with Crippen LogP contribution in [0.2, 0.25) is 0 Å². The van der Waals surface area contributed by atoms with Gasteiger partial charge in [0.25, 0.3) is 0 Å². The Morgan fingerprint density at radius 1 is 1.23 bits per heavy atom. The summed E-state index contributed by atoms with van der Waals surface area (Å²) in [5.41, 5.74) is 0. The second-order valence-corrected chi connectivity index (χ2v) is 3.38. The molecule has 0 N–H and O–H groups in total. The molecular formula is C9H18N4. The van der Waals surface area contributed by atoms with E-state index in [9.17, 15) is 0 Å². The molecule has 0 rings (SSSR count). The van der Waals surface area contributed by atoms with Crippen LogP contribution in [0.15, 0.2) is 10.3 Å². The third kappa shape index (κ3) is 7.29. The fourth-order valence-electron chi connectivity index (χ4n) is 0.425. The Hall–Kier alpha value is -1.08. The zero-order valence-corrected chi connectivity index (χ0v) is 9.07. The van der Waals surface area contributed by atoms with Crippen molar-refractivity contribution in [2.75, 3.05) is 27.7 Å². The molecule has 74 valence electrons. The molecule has 4 heteroatoms. The van der Waals surface area contributed by atoms with Crippen LogP contribution in [0.5, 0.6) is 0 Å². The van der Waals surface area contributed by atoms with Crippen LogP contribution in [0.4, 0.5) is 0 Å². The lowest BCUT2D eigenvalue weighted by atomic mass is 10.4. The molecule has 0 aliphatic heterocycles. The second-order valence-electron chi connectivity index (χ2n) is 3.38. The van der Waals surface area contributed by atoms with Crippen molar-refractivity contribution in [2.45, 2.75) is 19.9 Å². The molecule has 4 nitrogen and oxygen atoms in total. The number of nitrogens with zero attached hydrogens (tertiary/aromatic N) is 4. The van der Waals surface area contributed by atoms with Gasteiger partial charge in [0.15, 0.2) is 0 Å². The Balaban J connectivity index is 3.77. The molecule has 0 unspecified atom stereocenters. The van der Waals surface area contributed by atoms with Crippen molar-refractivity contribution < 1.29 is 0 Å². The first-order chi connectivity index (χ1) is 6.04. The molecule has 0 aliphatic carbocycles. The smallest absolute Gasteiger partial charge is 0.0616 e. The van der Waals surface area contributed by atoms with Gasteiger partial charge in [0.05, 0.1) is 12.6 Å². The van der Waals surface area contributed by atoms with Crippen LogP contribution < -0.4 is 0 Å². The maximum absolute atomic E-state index is 3.89. The van der Waals surface area contributed by atoms with Gasteiger partial charge in [-0.15, -0.1) is 0 Å². The van der Waals surface area contributed by atoms with Crippen molar-refractivity contribution in [3.8, 4) is 12.0 Å². The third-order valence-corrected chi connectivity index (χ3v) is 1.46. The van der Waals surface area contributed by atoms with Crippen LogP contribution in [0.25, 0.3) is 0 Å². The van der Waals surface area contributed by atoms with Crippen molar-refractivity contribution in [3.05, 3.63) is 0 Å². The predicted octanol–water partition coefficient (Wildman–Crippen LogP) is 1.22. The molecule has 13 heavy (non-hydrogen) atoms. The van der Waals surface area contributed by atoms with E-state index in [1.54, 1.807) is 5.01 Å². The van der Waals surface area contributed by atoms with E-state index in [0.717, 1.165) is 0 Å². The monoisotopic (exact) mass is 182 g/mol. The summed E-state index contributed by atoms with van der Waals surface area (Å²) in [6.45, 7) is 4.81. The maximum atomic E-state index is 3.89. The summed E-state index contributed by atoms with van der Waals surface area (Å²) >= 11 is 0. The van der Waals surface area contributed by atoms with Crippen LogP contribution in [-0.2, 0) is 0 Å². The van der Waals surface area contributed by atoms with Crippen LogP contribution in [0, 0.1) is 12.0 Å². The topological polar surface area (TPSA) is 31.2 Å². The average Bonchev–Trinajstić information content (AvgIpc) is 2.02. The predicted molar refractivity (Wildman–Crippen MR) is 54.1 cm³/mol. The fourth-order valence-corrected chi connectivity index (χ4v) is 0.425. The first kappa shape index (κ1) is 11.9. The summed E-state index contributed by atoms with van der Waals surface area (Å²) in [6, 6.07) is 2.99. The minimum Gasteiger partial charge on any atom is -0.298 e. The summed E-state index contributed by atoms with van der Waals surface area (Å²) in [4.78, 5) is 1.98. The van der Waals surface area contributed by atoms with E-state index in [1.165, 1.54) is 0 Å². The van der Waals surface area contributed by atoms with Gasteiger partial charge in [0, 0.05) is 13.1 Å². The molecule has 0 aromatic heterocycles. The van der Waals surface area contributed by atoms with Gasteiger partial charge in [-0.2, -0.15) is 0 Å². The first-order valence-electron chi connectivity index (χ1n) is 4.30. The summed E-state index contributed by atoms with van der Waals surface area (Å²) in [5, 5.41) is 9.38.